The summed E-state index contributed by atoms with van der Waals surface area (Å²) < 4.78 is 38.2. The molecule has 0 bridgehead atoms. The Bertz CT molecular complexity index is 976. The normalized spacial score (nSPS) is 21.2. The van der Waals surface area contributed by atoms with Crippen LogP contribution in [-0.4, -0.2) is 93.9 Å². The fraction of sp³-hybridized carbons (Fsp3) is 0.667. The number of benzene rings is 1. The zero-order chi connectivity index (χ0) is 24.1. The summed E-state index contributed by atoms with van der Waals surface area (Å²) >= 11 is 0. The van der Waals surface area contributed by atoms with Gasteiger partial charge in [0.15, 0.2) is 0 Å². The number of ether oxygens (including phenoxy) is 2. The minimum atomic E-state index is -3.73. The maximum Gasteiger partial charge on any atom is 0.257 e. The Balaban J connectivity index is 1.45. The average Bonchev–Trinajstić information content (AvgIpc) is 3.18. The molecule has 0 aromatic heterocycles. The van der Waals surface area contributed by atoms with Crippen LogP contribution in [0.5, 0.6) is 5.75 Å². The predicted octanol–water partition coefficient (Wildman–Crippen LogP) is 1.97. The predicted molar refractivity (Wildman–Crippen MR) is 126 cm³/mol. The molecule has 2 amide bonds. The number of likely N-dealkylation sites (tertiary alicyclic amines) is 2. The maximum absolute atomic E-state index is 13.4. The lowest BCUT2D eigenvalue weighted by molar-refractivity contribution is -0.136. The van der Waals surface area contributed by atoms with Crippen molar-refractivity contribution in [3.63, 3.8) is 0 Å². The second kappa shape index (κ2) is 11.0. The highest BCUT2D eigenvalue weighted by Crippen LogP contribution is 2.29. The van der Waals surface area contributed by atoms with Gasteiger partial charge in [0.2, 0.25) is 15.9 Å². The first-order chi connectivity index (χ1) is 16.4. The molecule has 0 saturated carbocycles. The van der Waals surface area contributed by atoms with Gasteiger partial charge >= 0.3 is 0 Å². The first-order valence-corrected chi connectivity index (χ1v) is 13.7. The van der Waals surface area contributed by atoms with Crippen LogP contribution < -0.4 is 4.74 Å². The van der Waals surface area contributed by atoms with Crippen LogP contribution in [0.4, 0.5) is 0 Å². The fourth-order valence-electron chi connectivity index (χ4n) is 5.00. The molecule has 3 fully saturated rings. The first kappa shape index (κ1) is 24.9. The number of hydrogen-bond donors (Lipinski definition) is 0. The summed E-state index contributed by atoms with van der Waals surface area (Å²) in [7, 11) is -2.27. The summed E-state index contributed by atoms with van der Waals surface area (Å²) in [6.45, 7) is 3.88. The van der Waals surface area contributed by atoms with Gasteiger partial charge in [-0.3, -0.25) is 9.59 Å². The van der Waals surface area contributed by atoms with Gasteiger partial charge in [0.25, 0.3) is 5.91 Å². The molecule has 4 rings (SSSR count). The number of hydrogen-bond acceptors (Lipinski definition) is 6. The van der Waals surface area contributed by atoms with Gasteiger partial charge in [-0.15, -0.1) is 0 Å². The van der Waals surface area contributed by atoms with E-state index in [-0.39, 0.29) is 41.3 Å². The molecule has 1 aromatic carbocycles. The van der Waals surface area contributed by atoms with E-state index in [1.165, 1.54) is 42.5 Å². The molecule has 3 heterocycles. The Morgan fingerprint density at radius 2 is 1.56 bits per heavy atom. The molecule has 3 aliphatic heterocycles. The van der Waals surface area contributed by atoms with Gasteiger partial charge in [0.1, 0.15) is 5.75 Å². The van der Waals surface area contributed by atoms with E-state index >= 15 is 0 Å². The van der Waals surface area contributed by atoms with E-state index < -0.39 is 10.0 Å². The standard InChI is InChI=1S/C24H35N3O6S/c1-32-22-7-6-20(34(30,31)27-14-16-33-17-15-27)18-21(22)24(29)26-12-8-19(9-13-26)23(28)25-10-4-2-3-5-11-25/h6-7,18-19H,2-5,8-17H2,1H3. The Kier molecular flexibility index (Phi) is 8.10. The van der Waals surface area contributed by atoms with Crippen molar-refractivity contribution < 1.29 is 27.5 Å². The van der Waals surface area contributed by atoms with Gasteiger partial charge in [0, 0.05) is 45.2 Å². The number of carbonyl (C=O) groups excluding carboxylic acids is 2. The van der Waals surface area contributed by atoms with Gasteiger partial charge in [-0.1, -0.05) is 12.8 Å². The van der Waals surface area contributed by atoms with Crippen LogP contribution in [0.15, 0.2) is 23.1 Å². The number of rotatable bonds is 5. The molecule has 0 N–H and O–H groups in total. The van der Waals surface area contributed by atoms with Crippen molar-refractivity contribution in [1.29, 1.82) is 0 Å². The topological polar surface area (TPSA) is 96.5 Å². The molecule has 10 heteroatoms. The van der Waals surface area contributed by atoms with E-state index in [1.54, 1.807) is 4.90 Å². The number of morpholine rings is 1. The molecule has 0 radical (unpaired) electrons. The van der Waals surface area contributed by atoms with Crippen molar-refractivity contribution in [2.45, 2.75) is 43.4 Å². The molecule has 3 saturated heterocycles. The largest absolute Gasteiger partial charge is 0.496 e. The summed E-state index contributed by atoms with van der Waals surface area (Å²) in [5, 5.41) is 0. The third kappa shape index (κ3) is 5.39. The van der Waals surface area contributed by atoms with Crippen LogP contribution in [0.1, 0.15) is 48.9 Å². The van der Waals surface area contributed by atoms with E-state index in [4.69, 9.17) is 9.47 Å². The molecule has 188 valence electrons. The SMILES string of the molecule is COc1ccc(S(=O)(=O)N2CCOCC2)cc1C(=O)N1CCC(C(=O)N2CCCCCC2)CC1. The first-order valence-electron chi connectivity index (χ1n) is 12.3. The highest BCUT2D eigenvalue weighted by molar-refractivity contribution is 7.89. The second-order valence-electron chi connectivity index (χ2n) is 9.18. The minimum absolute atomic E-state index is 0.0583. The Labute approximate surface area is 202 Å². The number of amides is 2. The van der Waals surface area contributed by atoms with Crippen molar-refractivity contribution in [2.24, 2.45) is 5.92 Å². The lowest BCUT2D eigenvalue weighted by Crippen LogP contribution is -2.44. The average molecular weight is 494 g/mol. The van der Waals surface area contributed by atoms with Crippen LogP contribution in [0.3, 0.4) is 0 Å². The Morgan fingerprint density at radius 3 is 2.18 bits per heavy atom. The van der Waals surface area contributed by atoms with Crippen molar-refractivity contribution in [2.75, 3.05) is 59.6 Å². The summed E-state index contributed by atoms with van der Waals surface area (Å²) in [4.78, 5) is 30.1. The third-order valence-electron chi connectivity index (χ3n) is 7.06. The monoisotopic (exact) mass is 493 g/mol. The molecule has 0 aliphatic carbocycles. The Hall–Kier alpha value is -2.17. The number of carbonyl (C=O) groups is 2. The molecular formula is C24H35N3O6S. The molecule has 0 unspecified atom stereocenters. The van der Waals surface area contributed by atoms with E-state index in [0.29, 0.717) is 44.9 Å². The molecule has 3 aliphatic rings. The lowest BCUT2D eigenvalue weighted by atomic mass is 9.94. The minimum Gasteiger partial charge on any atom is -0.496 e. The number of methoxy groups -OCH3 is 1. The second-order valence-corrected chi connectivity index (χ2v) is 11.1. The van der Waals surface area contributed by atoms with Crippen LogP contribution in [0.2, 0.25) is 0 Å². The lowest BCUT2D eigenvalue weighted by Gasteiger charge is -2.34. The zero-order valence-electron chi connectivity index (χ0n) is 19.9. The zero-order valence-corrected chi connectivity index (χ0v) is 20.7. The van der Waals surface area contributed by atoms with E-state index in [9.17, 15) is 18.0 Å². The summed E-state index contributed by atoms with van der Waals surface area (Å²) in [6, 6.07) is 4.43. The van der Waals surface area contributed by atoms with E-state index in [2.05, 4.69) is 0 Å². The van der Waals surface area contributed by atoms with Crippen molar-refractivity contribution >= 4 is 21.8 Å². The van der Waals surface area contributed by atoms with E-state index in [1.807, 2.05) is 4.90 Å². The van der Waals surface area contributed by atoms with Crippen molar-refractivity contribution in [3.05, 3.63) is 23.8 Å². The van der Waals surface area contributed by atoms with Gasteiger partial charge < -0.3 is 19.3 Å². The molecule has 0 spiro atoms. The Morgan fingerprint density at radius 1 is 0.912 bits per heavy atom. The van der Waals surface area contributed by atoms with Gasteiger partial charge in [-0.25, -0.2) is 8.42 Å². The molecule has 34 heavy (non-hydrogen) atoms. The van der Waals surface area contributed by atoms with E-state index in [0.717, 1.165) is 25.9 Å². The quantitative estimate of drug-likeness (QED) is 0.622. The number of sulfonamides is 1. The third-order valence-corrected chi connectivity index (χ3v) is 8.95. The number of nitrogens with zero attached hydrogens (tertiary/aromatic N) is 3. The van der Waals surface area contributed by atoms with Crippen LogP contribution in [-0.2, 0) is 19.6 Å². The van der Waals surface area contributed by atoms with Crippen LogP contribution in [0.25, 0.3) is 0 Å². The van der Waals surface area contributed by atoms with Gasteiger partial charge in [0.05, 0.1) is 30.8 Å². The fourth-order valence-corrected chi connectivity index (χ4v) is 6.43. The van der Waals surface area contributed by atoms with Crippen molar-refractivity contribution in [3.8, 4) is 5.75 Å². The highest BCUT2D eigenvalue weighted by atomic mass is 32.2. The highest BCUT2D eigenvalue weighted by Gasteiger charge is 2.33. The summed E-state index contributed by atoms with van der Waals surface area (Å²) in [5.74, 6) is 0.229. The smallest absolute Gasteiger partial charge is 0.257 e. The van der Waals surface area contributed by atoms with Gasteiger partial charge in [-0.2, -0.15) is 4.31 Å². The van der Waals surface area contributed by atoms with Gasteiger partial charge in [-0.05, 0) is 43.9 Å². The van der Waals surface area contributed by atoms with Crippen LogP contribution >= 0.6 is 0 Å². The molecule has 9 nitrogen and oxygen atoms in total. The number of piperidine rings is 1. The maximum atomic E-state index is 13.4. The molecule has 1 aromatic rings. The summed E-state index contributed by atoms with van der Waals surface area (Å²) in [6.07, 6.45) is 5.72. The molecular weight excluding hydrogens is 458 g/mol. The summed E-state index contributed by atoms with van der Waals surface area (Å²) in [5.41, 5.74) is 0.231. The van der Waals surface area contributed by atoms with Crippen LogP contribution in [0, 0.1) is 5.92 Å². The molecule has 0 atom stereocenters. The van der Waals surface area contributed by atoms with Crippen molar-refractivity contribution in [1.82, 2.24) is 14.1 Å².